The van der Waals surface area contributed by atoms with Crippen LogP contribution in [0.1, 0.15) is 0 Å². The van der Waals surface area contributed by atoms with Crippen molar-refractivity contribution in [3.05, 3.63) is 109 Å². The van der Waals surface area contributed by atoms with Gasteiger partial charge in [0.2, 0.25) is 0 Å². The van der Waals surface area contributed by atoms with Gasteiger partial charge in [-0.15, -0.1) is 17.5 Å². The minimum Gasteiger partial charge on any atom is -0.425 e. The van der Waals surface area contributed by atoms with Crippen LogP contribution < -0.4 is 0 Å². The second-order valence-corrected chi connectivity index (χ2v) is 9.21. The third-order valence-corrected chi connectivity index (χ3v) is 7.61. The fourth-order valence-corrected chi connectivity index (χ4v) is 6.30. The van der Waals surface area contributed by atoms with Gasteiger partial charge in [-0.1, -0.05) is 66.9 Å². The summed E-state index contributed by atoms with van der Waals surface area (Å²) in [6.45, 7) is 0. The van der Waals surface area contributed by atoms with E-state index < -0.39 is 0 Å². The standard InChI is InChI=1S/C32H16N2.W/c1-2-8-19(9-3-1)26-18-33-28-17-16-24-22-12-6-11-21-20-10-4-5-15-27(20)34(31(21)22)32(24)29(28)25-14-7-13-23(26)30(25)33;/h1-8,10-17H;/q-2;+2. The summed E-state index contributed by atoms with van der Waals surface area (Å²) in [5.41, 5.74) is 8.51. The number of fused-ring (bicyclic) bond motifs is 10. The molecule has 9 rings (SSSR count). The van der Waals surface area contributed by atoms with E-state index in [1.54, 1.807) is 0 Å². The maximum absolute atomic E-state index is 3.71. The number of benzene rings is 5. The summed E-state index contributed by atoms with van der Waals surface area (Å²) in [4.78, 5) is 0. The molecule has 35 heavy (non-hydrogen) atoms. The molecule has 0 radical (unpaired) electrons. The predicted octanol–water partition coefficient (Wildman–Crippen LogP) is 8.10. The molecule has 0 aliphatic rings. The minimum atomic E-state index is 0. The first kappa shape index (κ1) is 19.4. The van der Waals surface area contributed by atoms with Gasteiger partial charge in [0.1, 0.15) is 0 Å². The molecule has 0 N–H and O–H groups in total. The summed E-state index contributed by atoms with van der Waals surface area (Å²) in [5.74, 6) is 0. The smallest absolute Gasteiger partial charge is 0.425 e. The zero-order valence-electron chi connectivity index (χ0n) is 18.5. The Labute approximate surface area is 214 Å². The van der Waals surface area contributed by atoms with Crippen molar-refractivity contribution in [2.24, 2.45) is 0 Å². The quantitative estimate of drug-likeness (QED) is 0.166. The molecule has 0 saturated heterocycles. The molecular weight excluding hydrogens is 596 g/mol. The molecule has 0 bridgehead atoms. The second kappa shape index (κ2) is 6.62. The minimum absolute atomic E-state index is 0. The molecule has 0 atom stereocenters. The monoisotopic (exact) mass is 612 g/mol. The molecule has 4 heterocycles. The van der Waals surface area contributed by atoms with E-state index in [2.05, 4.69) is 106 Å². The van der Waals surface area contributed by atoms with E-state index >= 15 is 0 Å². The Morgan fingerprint density at radius 2 is 1.23 bits per heavy atom. The molecule has 2 nitrogen and oxygen atoms in total. The van der Waals surface area contributed by atoms with Crippen LogP contribution in [0.5, 0.6) is 0 Å². The maximum atomic E-state index is 3.71. The van der Waals surface area contributed by atoms with Crippen LogP contribution in [-0.4, -0.2) is 8.80 Å². The molecule has 4 aromatic heterocycles. The zero-order chi connectivity index (χ0) is 22.0. The fraction of sp³-hybridized carbons (Fsp3) is 0. The first-order valence-corrected chi connectivity index (χ1v) is 11.6. The van der Waals surface area contributed by atoms with Gasteiger partial charge in [-0.25, -0.2) is 5.56 Å². The van der Waals surface area contributed by atoms with E-state index in [4.69, 9.17) is 0 Å². The first-order valence-electron chi connectivity index (χ1n) is 11.6. The summed E-state index contributed by atoms with van der Waals surface area (Å²) in [7, 11) is 0. The Morgan fingerprint density at radius 1 is 0.514 bits per heavy atom. The van der Waals surface area contributed by atoms with Crippen LogP contribution in [0.15, 0.2) is 97.1 Å². The van der Waals surface area contributed by atoms with Crippen LogP contribution in [0.4, 0.5) is 0 Å². The molecule has 0 saturated carbocycles. The molecule has 9 aromatic rings. The fourth-order valence-electron chi connectivity index (χ4n) is 6.30. The molecule has 0 aliphatic heterocycles. The van der Waals surface area contributed by atoms with Crippen molar-refractivity contribution in [1.82, 2.24) is 8.80 Å². The number of aromatic nitrogens is 2. The van der Waals surface area contributed by atoms with Crippen molar-refractivity contribution in [2.75, 3.05) is 0 Å². The number of rotatable bonds is 1. The molecule has 0 unspecified atom stereocenters. The Hall–Kier alpha value is -3.87. The molecular formula is C32H16N2W. The van der Waals surface area contributed by atoms with Crippen LogP contribution >= 0.6 is 0 Å². The Morgan fingerprint density at radius 3 is 2.09 bits per heavy atom. The van der Waals surface area contributed by atoms with E-state index in [1.807, 2.05) is 12.1 Å². The largest absolute Gasteiger partial charge is 2.00 e. The van der Waals surface area contributed by atoms with E-state index in [-0.39, 0.29) is 21.1 Å². The van der Waals surface area contributed by atoms with E-state index in [0.29, 0.717) is 0 Å². The molecule has 160 valence electrons. The van der Waals surface area contributed by atoms with Crippen LogP contribution in [-0.2, 0) is 21.1 Å². The van der Waals surface area contributed by atoms with Crippen LogP contribution in [0.25, 0.3) is 76.4 Å². The van der Waals surface area contributed by atoms with Crippen molar-refractivity contribution >= 4 is 65.3 Å². The number of nitrogens with zero attached hydrogens (tertiary/aromatic N) is 2. The van der Waals surface area contributed by atoms with Gasteiger partial charge in [0.25, 0.3) is 0 Å². The number of hydrogen-bond acceptors (Lipinski definition) is 0. The van der Waals surface area contributed by atoms with E-state index in [9.17, 15) is 0 Å². The summed E-state index contributed by atoms with van der Waals surface area (Å²) >= 11 is 0. The molecule has 0 amide bonds. The number of hydrogen-bond donors (Lipinski definition) is 0. The van der Waals surface area contributed by atoms with Gasteiger partial charge >= 0.3 is 21.1 Å². The molecule has 0 fully saturated rings. The number of para-hydroxylation sites is 3. The van der Waals surface area contributed by atoms with Gasteiger partial charge in [-0.2, -0.15) is 29.8 Å². The van der Waals surface area contributed by atoms with Gasteiger partial charge in [-0.3, -0.25) is 0 Å². The SMILES string of the molecule is [W+2].[c-]1ccccc1-c1[c-]n2c3ccc4c5cccc6c7ccccc7n(c65)c4c3c3cccc1c32. The van der Waals surface area contributed by atoms with Gasteiger partial charge in [0.15, 0.2) is 0 Å². The van der Waals surface area contributed by atoms with Gasteiger partial charge in [-0.05, 0) is 27.9 Å². The summed E-state index contributed by atoms with van der Waals surface area (Å²) in [6.07, 6.45) is 3.71. The molecule has 0 spiro atoms. The van der Waals surface area contributed by atoms with Crippen molar-refractivity contribution in [3.8, 4) is 11.1 Å². The first-order chi connectivity index (χ1) is 16.9. The third kappa shape index (κ3) is 2.20. The maximum Gasteiger partial charge on any atom is 2.00 e. The zero-order valence-corrected chi connectivity index (χ0v) is 21.5. The van der Waals surface area contributed by atoms with Gasteiger partial charge in [0, 0.05) is 21.5 Å². The Balaban J connectivity index is 0.00000196. The molecule has 3 heteroatoms. The molecule has 5 aromatic carbocycles. The van der Waals surface area contributed by atoms with Crippen LogP contribution in [0.3, 0.4) is 0 Å². The topological polar surface area (TPSA) is 8.82 Å². The second-order valence-electron chi connectivity index (χ2n) is 9.21. The van der Waals surface area contributed by atoms with Crippen molar-refractivity contribution in [3.63, 3.8) is 0 Å². The van der Waals surface area contributed by atoms with Crippen LogP contribution in [0.2, 0.25) is 0 Å². The van der Waals surface area contributed by atoms with E-state index in [0.717, 1.165) is 11.1 Å². The van der Waals surface area contributed by atoms with Crippen LogP contribution in [0, 0.1) is 12.3 Å². The average molecular weight is 612 g/mol. The Kier molecular flexibility index (Phi) is 3.68. The van der Waals surface area contributed by atoms with Gasteiger partial charge < -0.3 is 8.80 Å². The summed E-state index contributed by atoms with van der Waals surface area (Å²) in [5, 5.41) is 9.07. The predicted molar refractivity (Wildman–Crippen MR) is 141 cm³/mol. The summed E-state index contributed by atoms with van der Waals surface area (Å²) < 4.78 is 4.76. The molecule has 0 aliphatic carbocycles. The van der Waals surface area contributed by atoms with Crippen molar-refractivity contribution < 1.29 is 21.1 Å². The summed E-state index contributed by atoms with van der Waals surface area (Å²) in [6, 6.07) is 38.3. The van der Waals surface area contributed by atoms with Crippen molar-refractivity contribution in [1.29, 1.82) is 0 Å². The Bertz CT molecular complexity index is 2220. The normalized spacial score (nSPS) is 12.3. The average Bonchev–Trinajstić information content (AvgIpc) is 3.62. The van der Waals surface area contributed by atoms with E-state index in [1.165, 1.54) is 65.3 Å². The van der Waals surface area contributed by atoms with Gasteiger partial charge in [0.05, 0.1) is 16.6 Å². The van der Waals surface area contributed by atoms with Crippen molar-refractivity contribution in [2.45, 2.75) is 0 Å². The third-order valence-electron chi connectivity index (χ3n) is 7.61.